The number of benzene rings is 1. The lowest BCUT2D eigenvalue weighted by molar-refractivity contribution is 0.213. The van der Waals surface area contributed by atoms with E-state index in [0.717, 1.165) is 18.3 Å². The van der Waals surface area contributed by atoms with E-state index in [0.29, 0.717) is 0 Å². The van der Waals surface area contributed by atoms with Crippen LogP contribution in [0, 0.1) is 6.92 Å². The molecule has 0 aliphatic heterocycles. The van der Waals surface area contributed by atoms with Crippen LogP contribution in [0.4, 0.5) is 5.69 Å². The fraction of sp³-hybridized carbons (Fsp3) is 0.625. The van der Waals surface area contributed by atoms with Gasteiger partial charge in [-0.05, 0) is 44.0 Å². The van der Waals surface area contributed by atoms with Gasteiger partial charge in [-0.25, -0.2) is 0 Å². The zero-order valence-electron chi connectivity index (χ0n) is 11.8. The van der Waals surface area contributed by atoms with Crippen molar-refractivity contribution in [2.75, 3.05) is 12.8 Å². The Morgan fingerprint density at radius 1 is 1.17 bits per heavy atom. The summed E-state index contributed by atoms with van der Waals surface area (Å²) in [6.07, 6.45) is 8.34. The molecule has 18 heavy (non-hydrogen) atoms. The summed E-state index contributed by atoms with van der Waals surface area (Å²) in [6, 6.07) is 7.22. The van der Waals surface area contributed by atoms with Crippen molar-refractivity contribution in [2.45, 2.75) is 58.0 Å². The second-order valence-corrected chi connectivity index (χ2v) is 5.75. The van der Waals surface area contributed by atoms with Gasteiger partial charge in [0, 0.05) is 18.3 Å². The number of hydrogen-bond acceptors (Lipinski definition) is 2. The quantitative estimate of drug-likeness (QED) is 0.650. The lowest BCUT2D eigenvalue weighted by atomic mass is 10.1. The second-order valence-electron chi connectivity index (χ2n) is 5.75. The molecule has 1 aromatic rings. The molecule has 1 fully saturated rings. The number of aryl methyl sites for hydroxylation is 1. The molecule has 1 saturated carbocycles. The zero-order chi connectivity index (χ0) is 13.0. The summed E-state index contributed by atoms with van der Waals surface area (Å²) >= 11 is 0. The molecule has 0 amide bonds. The van der Waals surface area contributed by atoms with Crippen LogP contribution in [-0.2, 0) is 6.54 Å². The molecule has 0 spiro atoms. The Morgan fingerprint density at radius 3 is 2.44 bits per heavy atom. The normalized spacial score (nSPS) is 17.9. The van der Waals surface area contributed by atoms with E-state index in [9.17, 15) is 0 Å². The average Bonchev–Trinajstić information content (AvgIpc) is 2.62. The summed E-state index contributed by atoms with van der Waals surface area (Å²) in [7, 11) is 2.26. The van der Waals surface area contributed by atoms with Crippen molar-refractivity contribution >= 4 is 5.69 Å². The van der Waals surface area contributed by atoms with Crippen molar-refractivity contribution in [1.29, 1.82) is 0 Å². The third kappa shape index (κ3) is 3.49. The highest BCUT2D eigenvalue weighted by Crippen LogP contribution is 2.23. The SMILES string of the molecule is Cc1ccc(CN(C)C2CCCCCC2)cc1N. The van der Waals surface area contributed by atoms with Gasteiger partial charge in [0.1, 0.15) is 0 Å². The molecule has 1 aliphatic carbocycles. The van der Waals surface area contributed by atoms with E-state index < -0.39 is 0 Å². The third-order valence-corrected chi connectivity index (χ3v) is 4.22. The van der Waals surface area contributed by atoms with E-state index in [-0.39, 0.29) is 0 Å². The third-order valence-electron chi connectivity index (χ3n) is 4.22. The van der Waals surface area contributed by atoms with E-state index in [4.69, 9.17) is 5.73 Å². The van der Waals surface area contributed by atoms with Crippen molar-refractivity contribution in [3.8, 4) is 0 Å². The maximum absolute atomic E-state index is 5.98. The molecule has 2 heteroatoms. The Bertz CT molecular complexity index is 379. The molecule has 1 aromatic carbocycles. The van der Waals surface area contributed by atoms with Gasteiger partial charge in [-0.15, -0.1) is 0 Å². The fourth-order valence-electron chi connectivity index (χ4n) is 2.90. The Morgan fingerprint density at radius 2 is 1.83 bits per heavy atom. The minimum atomic E-state index is 0.759. The van der Waals surface area contributed by atoms with Gasteiger partial charge in [-0.1, -0.05) is 37.8 Å². The van der Waals surface area contributed by atoms with E-state index in [1.807, 2.05) is 0 Å². The molecule has 2 rings (SSSR count). The number of rotatable bonds is 3. The van der Waals surface area contributed by atoms with Crippen LogP contribution < -0.4 is 5.73 Å². The van der Waals surface area contributed by atoms with Crippen LogP contribution in [0.15, 0.2) is 18.2 Å². The number of hydrogen-bond donors (Lipinski definition) is 1. The molecule has 0 heterocycles. The summed E-state index contributed by atoms with van der Waals surface area (Å²) in [5.41, 5.74) is 9.41. The maximum atomic E-state index is 5.98. The van der Waals surface area contributed by atoms with E-state index in [1.54, 1.807) is 0 Å². The van der Waals surface area contributed by atoms with Gasteiger partial charge in [-0.2, -0.15) is 0 Å². The summed E-state index contributed by atoms with van der Waals surface area (Å²) in [6.45, 7) is 3.09. The smallest absolute Gasteiger partial charge is 0.0346 e. The Kier molecular flexibility index (Phi) is 4.65. The molecule has 100 valence electrons. The monoisotopic (exact) mass is 246 g/mol. The van der Waals surface area contributed by atoms with Crippen LogP contribution in [0.1, 0.15) is 49.7 Å². The van der Waals surface area contributed by atoms with Gasteiger partial charge < -0.3 is 5.73 Å². The highest BCUT2D eigenvalue weighted by atomic mass is 15.1. The molecule has 0 atom stereocenters. The first-order valence-corrected chi connectivity index (χ1v) is 7.22. The number of nitrogens with two attached hydrogens (primary N) is 1. The van der Waals surface area contributed by atoms with Crippen molar-refractivity contribution in [2.24, 2.45) is 0 Å². The van der Waals surface area contributed by atoms with Crippen LogP contribution in [0.3, 0.4) is 0 Å². The van der Waals surface area contributed by atoms with Crippen molar-refractivity contribution in [1.82, 2.24) is 4.90 Å². The Hall–Kier alpha value is -1.02. The Balaban J connectivity index is 1.96. The van der Waals surface area contributed by atoms with Gasteiger partial charge in [0.15, 0.2) is 0 Å². The van der Waals surface area contributed by atoms with Gasteiger partial charge in [0.05, 0.1) is 0 Å². The van der Waals surface area contributed by atoms with E-state index >= 15 is 0 Å². The highest BCUT2D eigenvalue weighted by molar-refractivity contribution is 5.48. The lowest BCUT2D eigenvalue weighted by Crippen LogP contribution is -2.30. The fourth-order valence-corrected chi connectivity index (χ4v) is 2.90. The van der Waals surface area contributed by atoms with E-state index in [2.05, 4.69) is 37.1 Å². The van der Waals surface area contributed by atoms with Crippen LogP contribution in [0.25, 0.3) is 0 Å². The largest absolute Gasteiger partial charge is 0.399 e. The lowest BCUT2D eigenvalue weighted by Gasteiger charge is -2.27. The molecule has 0 unspecified atom stereocenters. The standard InChI is InChI=1S/C16H26N2/c1-13-9-10-14(11-16(13)17)12-18(2)15-7-5-3-4-6-8-15/h9-11,15H,3-8,12,17H2,1-2H3. The molecule has 0 aromatic heterocycles. The van der Waals surface area contributed by atoms with Crippen molar-refractivity contribution in [3.63, 3.8) is 0 Å². The number of nitrogens with zero attached hydrogens (tertiary/aromatic N) is 1. The van der Waals surface area contributed by atoms with Gasteiger partial charge in [0.25, 0.3) is 0 Å². The molecule has 0 saturated heterocycles. The molecular weight excluding hydrogens is 220 g/mol. The first kappa shape index (κ1) is 13.4. The first-order valence-electron chi connectivity index (χ1n) is 7.22. The van der Waals surface area contributed by atoms with Crippen LogP contribution >= 0.6 is 0 Å². The predicted molar refractivity (Wildman–Crippen MR) is 78.5 cm³/mol. The minimum Gasteiger partial charge on any atom is -0.399 e. The van der Waals surface area contributed by atoms with Gasteiger partial charge >= 0.3 is 0 Å². The van der Waals surface area contributed by atoms with Gasteiger partial charge in [-0.3, -0.25) is 4.90 Å². The van der Waals surface area contributed by atoms with Crippen molar-refractivity contribution < 1.29 is 0 Å². The molecule has 2 N–H and O–H groups in total. The zero-order valence-corrected chi connectivity index (χ0v) is 11.8. The molecule has 0 bridgehead atoms. The average molecular weight is 246 g/mol. The summed E-state index contributed by atoms with van der Waals surface area (Å²) in [5, 5.41) is 0. The summed E-state index contributed by atoms with van der Waals surface area (Å²) in [5.74, 6) is 0. The first-order chi connectivity index (χ1) is 8.66. The number of nitrogen functional groups attached to an aromatic ring is 1. The van der Waals surface area contributed by atoms with Crippen LogP contribution in [-0.4, -0.2) is 18.0 Å². The predicted octanol–water partition coefficient (Wildman–Crippen LogP) is 3.73. The highest BCUT2D eigenvalue weighted by Gasteiger charge is 2.16. The van der Waals surface area contributed by atoms with Crippen LogP contribution in [0.2, 0.25) is 0 Å². The van der Waals surface area contributed by atoms with E-state index in [1.165, 1.54) is 49.7 Å². The van der Waals surface area contributed by atoms with Crippen molar-refractivity contribution in [3.05, 3.63) is 29.3 Å². The minimum absolute atomic E-state index is 0.759. The number of anilines is 1. The van der Waals surface area contributed by atoms with Gasteiger partial charge in [0.2, 0.25) is 0 Å². The summed E-state index contributed by atoms with van der Waals surface area (Å²) in [4.78, 5) is 2.51. The maximum Gasteiger partial charge on any atom is 0.0346 e. The molecule has 0 radical (unpaired) electrons. The molecular formula is C16H26N2. The Labute approximate surface area is 111 Å². The molecule has 2 nitrogen and oxygen atoms in total. The topological polar surface area (TPSA) is 29.3 Å². The second kappa shape index (κ2) is 6.24. The summed E-state index contributed by atoms with van der Waals surface area (Å²) < 4.78 is 0. The van der Waals surface area contributed by atoms with Crippen LogP contribution in [0.5, 0.6) is 0 Å². The molecule has 1 aliphatic rings.